The Hall–Kier alpha value is -1.89. The third kappa shape index (κ3) is 1.89. The van der Waals surface area contributed by atoms with Gasteiger partial charge in [0.2, 0.25) is 0 Å². The van der Waals surface area contributed by atoms with Gasteiger partial charge in [-0.2, -0.15) is 0 Å². The summed E-state index contributed by atoms with van der Waals surface area (Å²) in [7, 11) is 0. The van der Waals surface area contributed by atoms with E-state index in [0.29, 0.717) is 5.78 Å². The summed E-state index contributed by atoms with van der Waals surface area (Å²) in [5.74, 6) is 0.536. The number of hydrogen-bond acceptors (Lipinski definition) is 1. The molecule has 1 aliphatic rings. The van der Waals surface area contributed by atoms with Crippen LogP contribution in [0.5, 0.6) is 0 Å². The molecule has 17 heavy (non-hydrogen) atoms. The Kier molecular flexibility index (Phi) is 2.52. The molecular formula is C16H14O. The van der Waals surface area contributed by atoms with Crippen LogP contribution in [0.2, 0.25) is 0 Å². The number of carbonyl (C=O) groups excluding carboxylic acids is 1. The van der Waals surface area contributed by atoms with E-state index in [0.717, 1.165) is 12.8 Å². The highest BCUT2D eigenvalue weighted by atomic mass is 16.1. The molecule has 84 valence electrons. The Morgan fingerprint density at radius 1 is 0.882 bits per heavy atom. The summed E-state index contributed by atoms with van der Waals surface area (Å²) < 4.78 is 0. The first kappa shape index (κ1) is 10.3. The number of rotatable bonds is 2. The molecule has 1 heteroatoms. The minimum Gasteiger partial charge on any atom is -0.299 e. The number of Topliss-reactive ketones (excluding diaryl/α,β-unsaturated/α-hetero) is 1. The van der Waals surface area contributed by atoms with Gasteiger partial charge in [0.05, 0.1) is 0 Å². The zero-order chi connectivity index (χ0) is 11.7. The largest absolute Gasteiger partial charge is 0.299 e. The molecule has 0 radical (unpaired) electrons. The second-order valence-electron chi connectivity index (χ2n) is 4.55. The quantitative estimate of drug-likeness (QED) is 0.755. The van der Waals surface area contributed by atoms with Crippen LogP contribution in [0.15, 0.2) is 54.6 Å². The van der Waals surface area contributed by atoms with Crippen molar-refractivity contribution in [3.63, 3.8) is 0 Å². The van der Waals surface area contributed by atoms with Crippen molar-refractivity contribution < 1.29 is 4.79 Å². The van der Waals surface area contributed by atoms with Crippen LogP contribution < -0.4 is 0 Å². The van der Waals surface area contributed by atoms with Crippen molar-refractivity contribution in [2.45, 2.75) is 18.8 Å². The maximum atomic E-state index is 11.5. The van der Waals surface area contributed by atoms with Gasteiger partial charge in [0.15, 0.2) is 0 Å². The van der Waals surface area contributed by atoms with Crippen LogP contribution in [0.3, 0.4) is 0 Å². The summed E-state index contributed by atoms with van der Waals surface area (Å²) in [6.07, 6.45) is 1.76. The lowest BCUT2D eigenvalue weighted by Gasteiger charge is -2.24. The molecular weight excluding hydrogens is 208 g/mol. The molecule has 1 saturated carbocycles. The zero-order valence-electron chi connectivity index (χ0n) is 9.60. The molecule has 0 saturated heterocycles. The van der Waals surface area contributed by atoms with Gasteiger partial charge in [-0.25, -0.2) is 0 Å². The minimum atomic E-state index is 0.152. The van der Waals surface area contributed by atoms with Gasteiger partial charge in [0.25, 0.3) is 0 Å². The van der Waals surface area contributed by atoms with Gasteiger partial charge in [-0.1, -0.05) is 54.6 Å². The summed E-state index contributed by atoms with van der Waals surface area (Å²) in [6.45, 7) is 0. The highest BCUT2D eigenvalue weighted by molar-refractivity contribution is 5.91. The molecule has 0 spiro atoms. The Morgan fingerprint density at radius 3 is 2.29 bits per heavy atom. The van der Waals surface area contributed by atoms with E-state index in [4.69, 9.17) is 0 Å². The lowest BCUT2D eigenvalue weighted by Crippen LogP contribution is -2.23. The van der Waals surface area contributed by atoms with Crippen LogP contribution in [0, 0.1) is 0 Å². The van der Waals surface area contributed by atoms with E-state index in [1.807, 2.05) is 24.3 Å². The van der Waals surface area contributed by atoms with E-state index in [1.54, 1.807) is 0 Å². The van der Waals surface area contributed by atoms with Crippen molar-refractivity contribution in [3.05, 3.63) is 60.2 Å². The SMILES string of the molecule is O=C1CCC1c1cccc(-c2ccccc2)c1. The first-order valence-corrected chi connectivity index (χ1v) is 6.03. The molecule has 1 aliphatic carbocycles. The monoisotopic (exact) mass is 222 g/mol. The maximum absolute atomic E-state index is 11.5. The number of hydrogen-bond donors (Lipinski definition) is 0. The summed E-state index contributed by atoms with van der Waals surface area (Å²) in [6, 6.07) is 18.6. The Morgan fingerprint density at radius 2 is 1.65 bits per heavy atom. The lowest BCUT2D eigenvalue weighted by molar-refractivity contribution is -0.125. The molecule has 1 unspecified atom stereocenters. The Bertz CT molecular complexity index is 542. The third-order valence-corrected chi connectivity index (χ3v) is 3.46. The number of carbonyl (C=O) groups is 1. The van der Waals surface area contributed by atoms with Crippen molar-refractivity contribution in [3.8, 4) is 11.1 Å². The Labute approximate surface area is 101 Å². The third-order valence-electron chi connectivity index (χ3n) is 3.46. The molecule has 0 aromatic heterocycles. The van der Waals surface area contributed by atoms with Gasteiger partial charge in [0, 0.05) is 12.3 Å². The fraction of sp³-hybridized carbons (Fsp3) is 0.188. The number of benzene rings is 2. The zero-order valence-corrected chi connectivity index (χ0v) is 9.60. The first-order chi connectivity index (χ1) is 8.34. The molecule has 0 aliphatic heterocycles. The predicted molar refractivity (Wildman–Crippen MR) is 68.9 cm³/mol. The van der Waals surface area contributed by atoms with Gasteiger partial charge in [-0.05, 0) is 23.1 Å². The molecule has 1 fully saturated rings. The van der Waals surface area contributed by atoms with Crippen LogP contribution in [0.1, 0.15) is 24.3 Å². The molecule has 2 aromatic rings. The average Bonchev–Trinajstić information content (AvgIpc) is 2.38. The van der Waals surface area contributed by atoms with Gasteiger partial charge in [-0.15, -0.1) is 0 Å². The lowest BCUT2D eigenvalue weighted by atomic mass is 9.78. The van der Waals surface area contributed by atoms with E-state index in [-0.39, 0.29) is 5.92 Å². The fourth-order valence-electron chi connectivity index (χ4n) is 2.32. The van der Waals surface area contributed by atoms with Gasteiger partial charge < -0.3 is 0 Å². The highest BCUT2D eigenvalue weighted by Crippen LogP contribution is 2.34. The van der Waals surface area contributed by atoms with Gasteiger partial charge in [0.1, 0.15) is 5.78 Å². The van der Waals surface area contributed by atoms with Crippen LogP contribution in [-0.2, 0) is 4.79 Å². The normalized spacial score (nSPS) is 18.8. The van der Waals surface area contributed by atoms with Crippen molar-refractivity contribution in [1.82, 2.24) is 0 Å². The smallest absolute Gasteiger partial charge is 0.140 e. The van der Waals surface area contributed by atoms with Gasteiger partial charge >= 0.3 is 0 Å². The predicted octanol–water partition coefficient (Wildman–Crippen LogP) is 3.80. The minimum absolute atomic E-state index is 0.152. The van der Waals surface area contributed by atoms with Crippen LogP contribution in [0.25, 0.3) is 11.1 Å². The summed E-state index contributed by atoms with van der Waals surface area (Å²) in [5, 5.41) is 0. The van der Waals surface area contributed by atoms with Crippen LogP contribution in [0.4, 0.5) is 0 Å². The summed E-state index contributed by atoms with van der Waals surface area (Å²) in [5.41, 5.74) is 3.58. The molecule has 3 rings (SSSR count). The molecule has 1 atom stereocenters. The maximum Gasteiger partial charge on any atom is 0.140 e. The molecule has 0 N–H and O–H groups in total. The van der Waals surface area contributed by atoms with Crippen molar-refractivity contribution in [1.29, 1.82) is 0 Å². The van der Waals surface area contributed by atoms with E-state index >= 15 is 0 Å². The van der Waals surface area contributed by atoms with Crippen molar-refractivity contribution in [2.24, 2.45) is 0 Å². The van der Waals surface area contributed by atoms with Crippen LogP contribution >= 0.6 is 0 Å². The second-order valence-corrected chi connectivity index (χ2v) is 4.55. The van der Waals surface area contributed by atoms with E-state index in [2.05, 4.69) is 30.3 Å². The molecule has 0 heterocycles. The number of ketones is 1. The summed E-state index contributed by atoms with van der Waals surface area (Å²) in [4.78, 5) is 11.5. The van der Waals surface area contributed by atoms with Crippen molar-refractivity contribution in [2.75, 3.05) is 0 Å². The molecule has 1 nitrogen and oxygen atoms in total. The molecule has 0 bridgehead atoms. The summed E-state index contributed by atoms with van der Waals surface area (Å²) >= 11 is 0. The van der Waals surface area contributed by atoms with Gasteiger partial charge in [-0.3, -0.25) is 4.79 Å². The highest BCUT2D eigenvalue weighted by Gasteiger charge is 2.29. The van der Waals surface area contributed by atoms with E-state index < -0.39 is 0 Å². The standard InChI is InChI=1S/C16H14O/c17-16-10-9-15(16)14-8-4-7-13(11-14)12-5-2-1-3-6-12/h1-8,11,15H,9-10H2. The van der Waals surface area contributed by atoms with Crippen LogP contribution in [-0.4, -0.2) is 5.78 Å². The van der Waals surface area contributed by atoms with E-state index in [1.165, 1.54) is 16.7 Å². The average molecular weight is 222 g/mol. The second kappa shape index (κ2) is 4.17. The first-order valence-electron chi connectivity index (χ1n) is 6.03. The molecule has 2 aromatic carbocycles. The van der Waals surface area contributed by atoms with Crippen molar-refractivity contribution >= 4 is 5.78 Å². The topological polar surface area (TPSA) is 17.1 Å². The fourth-order valence-corrected chi connectivity index (χ4v) is 2.32. The Balaban J connectivity index is 1.97. The molecule has 0 amide bonds. The van der Waals surface area contributed by atoms with E-state index in [9.17, 15) is 4.79 Å².